The highest BCUT2D eigenvalue weighted by atomic mass is 35.5. The van der Waals surface area contributed by atoms with Gasteiger partial charge in [0.1, 0.15) is 6.07 Å². The number of anilines is 1. The number of hydrogen-bond donors (Lipinski definition) is 1. The number of hydrogen-bond acceptors (Lipinski definition) is 3. The molecule has 4 nitrogen and oxygen atoms in total. The minimum absolute atomic E-state index is 0.467. The maximum atomic E-state index is 8.93. The van der Waals surface area contributed by atoms with Gasteiger partial charge in [-0.1, -0.05) is 11.6 Å². The first-order valence-electron chi connectivity index (χ1n) is 4.21. The Morgan fingerprint density at radius 3 is 2.87 bits per heavy atom. The van der Waals surface area contributed by atoms with Crippen molar-refractivity contribution in [2.45, 2.75) is 0 Å². The molecule has 1 aromatic heterocycles. The first-order chi connectivity index (χ1) is 7.20. The number of nitrogen functional groups attached to an aromatic ring is 1. The fourth-order valence-corrected chi connectivity index (χ4v) is 1.41. The third-order valence-corrected chi connectivity index (χ3v) is 2.13. The summed E-state index contributed by atoms with van der Waals surface area (Å²) in [7, 11) is 0. The van der Waals surface area contributed by atoms with Crippen LogP contribution in [0.4, 0.5) is 5.69 Å². The van der Waals surface area contributed by atoms with Gasteiger partial charge in [0.2, 0.25) is 0 Å². The summed E-state index contributed by atoms with van der Waals surface area (Å²) in [6.07, 6.45) is 3.15. The van der Waals surface area contributed by atoms with E-state index < -0.39 is 0 Å². The van der Waals surface area contributed by atoms with Gasteiger partial charge in [0.15, 0.2) is 0 Å². The Hall–Kier alpha value is -1.99. The zero-order chi connectivity index (χ0) is 10.8. The van der Waals surface area contributed by atoms with E-state index in [4.69, 9.17) is 22.6 Å². The van der Waals surface area contributed by atoms with Crippen LogP contribution in [-0.4, -0.2) is 9.78 Å². The van der Waals surface area contributed by atoms with Crippen molar-refractivity contribution < 1.29 is 0 Å². The molecule has 15 heavy (non-hydrogen) atoms. The predicted molar refractivity (Wildman–Crippen MR) is 57.7 cm³/mol. The van der Waals surface area contributed by atoms with Crippen LogP contribution in [0.1, 0.15) is 5.56 Å². The van der Waals surface area contributed by atoms with E-state index >= 15 is 0 Å². The summed E-state index contributed by atoms with van der Waals surface area (Å²) in [5.41, 5.74) is 7.26. The molecular weight excluding hydrogens is 212 g/mol. The van der Waals surface area contributed by atoms with Crippen molar-refractivity contribution in [3.05, 3.63) is 41.2 Å². The quantitative estimate of drug-likeness (QED) is 0.745. The SMILES string of the molecule is N#Cc1cc(N)ccc1-n1cc(Cl)cn1. The monoisotopic (exact) mass is 218 g/mol. The number of halogens is 1. The lowest BCUT2D eigenvalue weighted by Crippen LogP contribution is -1.98. The average molecular weight is 219 g/mol. The highest BCUT2D eigenvalue weighted by Gasteiger charge is 2.05. The molecule has 0 aliphatic heterocycles. The van der Waals surface area contributed by atoms with Gasteiger partial charge < -0.3 is 5.73 Å². The van der Waals surface area contributed by atoms with Crippen molar-refractivity contribution in [3.8, 4) is 11.8 Å². The Morgan fingerprint density at radius 2 is 2.27 bits per heavy atom. The summed E-state index contributed by atoms with van der Waals surface area (Å²) < 4.78 is 1.54. The molecule has 0 unspecified atom stereocenters. The van der Waals surface area contributed by atoms with Crippen LogP contribution in [0.25, 0.3) is 5.69 Å². The van der Waals surface area contributed by atoms with Crippen molar-refractivity contribution in [3.63, 3.8) is 0 Å². The maximum Gasteiger partial charge on any atom is 0.101 e. The van der Waals surface area contributed by atoms with Crippen LogP contribution >= 0.6 is 11.6 Å². The lowest BCUT2D eigenvalue weighted by atomic mass is 10.2. The van der Waals surface area contributed by atoms with Gasteiger partial charge in [-0.15, -0.1) is 0 Å². The molecule has 2 aromatic rings. The van der Waals surface area contributed by atoms with Gasteiger partial charge in [0.05, 0.1) is 22.5 Å². The molecule has 0 spiro atoms. The van der Waals surface area contributed by atoms with Gasteiger partial charge in [-0.3, -0.25) is 0 Å². The number of benzene rings is 1. The van der Waals surface area contributed by atoms with Crippen molar-refractivity contribution in [1.82, 2.24) is 9.78 Å². The van der Waals surface area contributed by atoms with E-state index in [1.807, 2.05) is 0 Å². The van der Waals surface area contributed by atoms with Crippen molar-refractivity contribution in [1.29, 1.82) is 5.26 Å². The van der Waals surface area contributed by atoms with E-state index in [1.54, 1.807) is 29.1 Å². The maximum absolute atomic E-state index is 8.93. The number of nitriles is 1. The number of nitrogens with two attached hydrogens (primary N) is 1. The number of aromatic nitrogens is 2. The molecule has 2 rings (SSSR count). The molecule has 0 bridgehead atoms. The van der Waals surface area contributed by atoms with E-state index in [0.29, 0.717) is 22.0 Å². The summed E-state index contributed by atoms with van der Waals surface area (Å²) >= 11 is 5.75. The fraction of sp³-hybridized carbons (Fsp3) is 0. The Bertz CT molecular complexity index is 539. The second-order valence-corrected chi connectivity index (χ2v) is 3.43. The molecule has 1 heterocycles. The molecule has 0 saturated carbocycles. The van der Waals surface area contributed by atoms with Crippen molar-refractivity contribution in [2.75, 3.05) is 5.73 Å². The van der Waals surface area contributed by atoms with E-state index in [1.165, 1.54) is 6.20 Å². The van der Waals surface area contributed by atoms with Crippen LogP contribution in [0.2, 0.25) is 5.02 Å². The van der Waals surface area contributed by atoms with E-state index in [-0.39, 0.29) is 0 Å². The van der Waals surface area contributed by atoms with Crippen LogP contribution in [0.3, 0.4) is 0 Å². The van der Waals surface area contributed by atoms with Crippen LogP contribution in [0.15, 0.2) is 30.6 Å². The lowest BCUT2D eigenvalue weighted by Gasteiger charge is -2.04. The lowest BCUT2D eigenvalue weighted by molar-refractivity contribution is 0.877. The minimum atomic E-state index is 0.467. The Labute approximate surface area is 91.5 Å². The predicted octanol–water partition coefficient (Wildman–Crippen LogP) is 1.98. The van der Waals surface area contributed by atoms with Gasteiger partial charge in [0.25, 0.3) is 0 Å². The van der Waals surface area contributed by atoms with E-state index in [9.17, 15) is 0 Å². The van der Waals surface area contributed by atoms with Gasteiger partial charge in [0, 0.05) is 11.9 Å². The molecule has 2 N–H and O–H groups in total. The molecule has 0 atom stereocenters. The summed E-state index contributed by atoms with van der Waals surface area (Å²) in [4.78, 5) is 0. The topological polar surface area (TPSA) is 67.6 Å². The van der Waals surface area contributed by atoms with Crippen molar-refractivity contribution >= 4 is 17.3 Å². The zero-order valence-electron chi connectivity index (χ0n) is 7.68. The van der Waals surface area contributed by atoms with E-state index in [2.05, 4.69) is 11.2 Å². The molecule has 5 heteroatoms. The summed E-state index contributed by atoms with van der Waals surface area (Å²) in [5, 5.41) is 13.5. The third kappa shape index (κ3) is 1.78. The highest BCUT2D eigenvalue weighted by molar-refractivity contribution is 6.30. The fourth-order valence-electron chi connectivity index (χ4n) is 1.28. The van der Waals surface area contributed by atoms with Crippen LogP contribution in [-0.2, 0) is 0 Å². The second kappa shape index (κ2) is 3.64. The molecule has 0 aliphatic rings. The second-order valence-electron chi connectivity index (χ2n) is 2.99. The molecule has 74 valence electrons. The third-order valence-electron chi connectivity index (χ3n) is 1.94. The van der Waals surface area contributed by atoms with E-state index in [0.717, 1.165) is 0 Å². The Morgan fingerprint density at radius 1 is 1.47 bits per heavy atom. The molecule has 0 amide bonds. The zero-order valence-corrected chi connectivity index (χ0v) is 8.44. The smallest absolute Gasteiger partial charge is 0.101 e. The normalized spacial score (nSPS) is 9.87. The summed E-state index contributed by atoms with van der Waals surface area (Å²) in [5.74, 6) is 0. The first kappa shape index (κ1) is 9.56. The van der Waals surface area contributed by atoms with Gasteiger partial charge in [-0.05, 0) is 18.2 Å². The van der Waals surface area contributed by atoms with Gasteiger partial charge >= 0.3 is 0 Å². The molecule has 0 fully saturated rings. The number of rotatable bonds is 1. The van der Waals surface area contributed by atoms with Crippen molar-refractivity contribution in [2.24, 2.45) is 0 Å². The van der Waals surface area contributed by atoms with Gasteiger partial charge in [-0.2, -0.15) is 10.4 Å². The molecule has 1 aromatic carbocycles. The largest absolute Gasteiger partial charge is 0.399 e. The molecule has 0 aliphatic carbocycles. The Balaban J connectivity index is 2.58. The number of nitrogens with zero attached hydrogens (tertiary/aromatic N) is 3. The molecule has 0 saturated heterocycles. The van der Waals surface area contributed by atoms with Gasteiger partial charge in [-0.25, -0.2) is 4.68 Å². The standard InChI is InChI=1S/C10H7ClN4/c11-8-5-14-15(6-8)10-2-1-9(13)3-7(10)4-12/h1-3,5-6H,13H2. The Kier molecular flexibility index (Phi) is 2.32. The average Bonchev–Trinajstić information content (AvgIpc) is 2.64. The molecule has 0 radical (unpaired) electrons. The molecular formula is C10H7ClN4. The van der Waals surface area contributed by atoms with Crippen LogP contribution in [0.5, 0.6) is 0 Å². The highest BCUT2D eigenvalue weighted by Crippen LogP contribution is 2.18. The first-order valence-corrected chi connectivity index (χ1v) is 4.58. The summed E-state index contributed by atoms with van der Waals surface area (Å²) in [6, 6.07) is 7.11. The summed E-state index contributed by atoms with van der Waals surface area (Å²) in [6.45, 7) is 0. The van der Waals surface area contributed by atoms with Crippen LogP contribution in [0, 0.1) is 11.3 Å². The van der Waals surface area contributed by atoms with Crippen LogP contribution < -0.4 is 5.73 Å². The minimum Gasteiger partial charge on any atom is -0.399 e.